The van der Waals surface area contributed by atoms with Gasteiger partial charge in [0.15, 0.2) is 0 Å². The van der Waals surface area contributed by atoms with E-state index >= 15 is 0 Å². The first-order chi connectivity index (χ1) is 13.5. The molecule has 1 fully saturated rings. The summed E-state index contributed by atoms with van der Waals surface area (Å²) in [6, 6.07) is 5.48. The van der Waals surface area contributed by atoms with Gasteiger partial charge < -0.3 is 10.2 Å². The zero-order chi connectivity index (χ0) is 21.4. The Morgan fingerprint density at radius 2 is 1.83 bits per heavy atom. The number of likely N-dealkylation sites (tertiary alicyclic amines) is 1. The van der Waals surface area contributed by atoms with Crippen molar-refractivity contribution >= 4 is 26.7 Å². The fourth-order valence-corrected chi connectivity index (χ4v) is 5.05. The van der Waals surface area contributed by atoms with Crippen LogP contribution in [-0.2, 0) is 14.8 Å². The van der Waals surface area contributed by atoms with Crippen molar-refractivity contribution < 1.29 is 17.6 Å². The number of halogens is 1. The molecule has 0 bridgehead atoms. The van der Waals surface area contributed by atoms with Crippen molar-refractivity contribution in [3.8, 4) is 0 Å². The number of rotatable bonds is 4. The largest absolute Gasteiger partial charge is 0.356 e. The van der Waals surface area contributed by atoms with E-state index in [-0.39, 0.29) is 16.9 Å². The summed E-state index contributed by atoms with van der Waals surface area (Å²) in [5.41, 5.74) is 0.613. The van der Waals surface area contributed by atoms with E-state index in [1.807, 2.05) is 25.7 Å². The van der Waals surface area contributed by atoms with Gasteiger partial charge in [-0.15, -0.1) is 4.40 Å². The molecule has 1 aromatic carbocycles. The van der Waals surface area contributed by atoms with Crippen LogP contribution in [0.25, 0.3) is 4.91 Å². The fraction of sp³-hybridized carbons (Fsp3) is 0.524. The van der Waals surface area contributed by atoms with Crippen LogP contribution in [0.2, 0.25) is 0 Å². The molecule has 29 heavy (non-hydrogen) atoms. The fourth-order valence-electron chi connectivity index (χ4n) is 3.56. The molecule has 2 aliphatic heterocycles. The number of nitrogens with zero attached hydrogens (tertiary/aromatic N) is 2. The van der Waals surface area contributed by atoms with Gasteiger partial charge in [0, 0.05) is 30.1 Å². The summed E-state index contributed by atoms with van der Waals surface area (Å²) < 4.78 is 42.5. The molecule has 8 heteroatoms. The molecule has 0 aliphatic carbocycles. The molecule has 0 radical (unpaired) electrons. The van der Waals surface area contributed by atoms with Crippen LogP contribution in [0.1, 0.15) is 52.5 Å². The summed E-state index contributed by atoms with van der Waals surface area (Å²) in [4.78, 5) is 14.5. The predicted molar refractivity (Wildman–Crippen MR) is 112 cm³/mol. The number of carbonyl (C=O) groups excluding carboxylic acids is 1. The Hall–Kier alpha value is -2.22. The number of benzene rings is 1. The molecule has 1 saturated heterocycles. The normalized spacial score (nSPS) is 20.0. The van der Waals surface area contributed by atoms with Gasteiger partial charge in [-0.05, 0) is 43.9 Å². The average molecular weight is 422 g/mol. The third kappa shape index (κ3) is 4.37. The van der Waals surface area contributed by atoms with E-state index in [0.717, 1.165) is 19.3 Å². The quantitative estimate of drug-likeness (QED) is 0.809. The molecule has 6 nitrogen and oxygen atoms in total. The first-order valence-corrected chi connectivity index (χ1v) is 11.4. The molecule has 2 aliphatic rings. The number of amidine groups is 1. The van der Waals surface area contributed by atoms with Crippen LogP contribution >= 0.6 is 0 Å². The summed E-state index contributed by atoms with van der Waals surface area (Å²) in [5.74, 6) is 0.0795. The van der Waals surface area contributed by atoms with Crippen LogP contribution in [-0.4, -0.2) is 44.2 Å². The molecule has 2 heterocycles. The maximum atomic E-state index is 13.2. The second-order valence-electron chi connectivity index (χ2n) is 8.32. The SMILES string of the molecule is CCC(C)(C)C(=O)NC1CCN(C2=NS(=O)(=O)C(c3ccc(F)cc3)=C2C)CC1. The lowest BCUT2D eigenvalue weighted by Crippen LogP contribution is -2.49. The molecular weight excluding hydrogens is 393 g/mol. The third-order valence-corrected chi connectivity index (χ3v) is 7.35. The smallest absolute Gasteiger partial charge is 0.285 e. The Bertz CT molecular complexity index is 957. The third-order valence-electron chi connectivity index (χ3n) is 5.88. The first kappa shape index (κ1) is 21.5. The lowest BCUT2D eigenvalue weighted by Gasteiger charge is -2.35. The van der Waals surface area contributed by atoms with Gasteiger partial charge in [0.1, 0.15) is 16.6 Å². The predicted octanol–water partition coefficient (Wildman–Crippen LogP) is 3.32. The van der Waals surface area contributed by atoms with E-state index in [1.54, 1.807) is 6.92 Å². The lowest BCUT2D eigenvalue weighted by molar-refractivity contribution is -0.130. The molecule has 0 saturated carbocycles. The second kappa shape index (κ2) is 7.89. The lowest BCUT2D eigenvalue weighted by atomic mass is 9.88. The van der Waals surface area contributed by atoms with Gasteiger partial charge in [-0.1, -0.05) is 32.9 Å². The highest BCUT2D eigenvalue weighted by molar-refractivity contribution is 8.00. The van der Waals surface area contributed by atoms with Crippen molar-refractivity contribution in [2.45, 2.75) is 53.0 Å². The van der Waals surface area contributed by atoms with Crippen LogP contribution in [0.15, 0.2) is 34.2 Å². The van der Waals surface area contributed by atoms with E-state index in [4.69, 9.17) is 0 Å². The van der Waals surface area contributed by atoms with Crippen LogP contribution in [0.3, 0.4) is 0 Å². The standard InChI is InChI=1S/C21H28FN3O3S/c1-5-21(3,4)20(26)23-17-10-12-25(13-11-17)19-14(2)18(29(27,28)24-19)15-6-8-16(22)9-7-15/h6-9,17H,5,10-13H2,1-4H3,(H,23,26). The molecule has 158 valence electrons. The van der Waals surface area contributed by atoms with Gasteiger partial charge in [-0.25, -0.2) is 4.39 Å². The van der Waals surface area contributed by atoms with E-state index in [2.05, 4.69) is 9.71 Å². The van der Waals surface area contributed by atoms with Crippen LogP contribution in [0.4, 0.5) is 4.39 Å². The summed E-state index contributed by atoms with van der Waals surface area (Å²) in [5, 5.41) is 3.12. The van der Waals surface area contributed by atoms with Crippen molar-refractivity contribution in [3.63, 3.8) is 0 Å². The zero-order valence-corrected chi connectivity index (χ0v) is 18.1. The summed E-state index contributed by atoms with van der Waals surface area (Å²) in [6.45, 7) is 8.82. The topological polar surface area (TPSA) is 78.8 Å². The number of sulfonamides is 1. The Morgan fingerprint density at radius 3 is 2.38 bits per heavy atom. The summed E-state index contributed by atoms with van der Waals surface area (Å²) in [7, 11) is -3.82. The van der Waals surface area contributed by atoms with E-state index in [1.165, 1.54) is 24.3 Å². The molecule has 0 atom stereocenters. The van der Waals surface area contributed by atoms with E-state index < -0.39 is 21.3 Å². The van der Waals surface area contributed by atoms with Crippen molar-refractivity contribution in [3.05, 3.63) is 41.2 Å². The number of amides is 1. The number of carbonyl (C=O) groups is 1. The minimum Gasteiger partial charge on any atom is -0.356 e. The van der Waals surface area contributed by atoms with Gasteiger partial charge in [-0.2, -0.15) is 8.42 Å². The average Bonchev–Trinajstić information content (AvgIpc) is 2.92. The maximum Gasteiger partial charge on any atom is 0.285 e. The van der Waals surface area contributed by atoms with Gasteiger partial charge in [0.2, 0.25) is 5.91 Å². The Kier molecular flexibility index (Phi) is 5.85. The minimum atomic E-state index is -3.82. The Balaban J connectivity index is 1.73. The highest BCUT2D eigenvalue weighted by Gasteiger charge is 2.35. The molecule has 1 amide bonds. The van der Waals surface area contributed by atoms with Gasteiger partial charge in [0.05, 0.1) is 0 Å². The molecule has 3 rings (SSSR count). The molecular formula is C21H28FN3O3S. The second-order valence-corrected chi connectivity index (χ2v) is 9.86. The first-order valence-electron chi connectivity index (χ1n) is 9.93. The molecule has 0 unspecified atom stereocenters. The Labute approximate surface area is 171 Å². The van der Waals surface area contributed by atoms with E-state index in [9.17, 15) is 17.6 Å². The number of hydrogen-bond donors (Lipinski definition) is 1. The molecule has 1 N–H and O–H groups in total. The van der Waals surface area contributed by atoms with Crippen LogP contribution in [0, 0.1) is 11.2 Å². The van der Waals surface area contributed by atoms with Gasteiger partial charge in [-0.3, -0.25) is 4.79 Å². The van der Waals surface area contributed by atoms with Gasteiger partial charge >= 0.3 is 0 Å². The maximum absolute atomic E-state index is 13.2. The highest BCUT2D eigenvalue weighted by Crippen LogP contribution is 2.34. The highest BCUT2D eigenvalue weighted by atomic mass is 32.2. The van der Waals surface area contributed by atoms with Crippen molar-refractivity contribution in [1.29, 1.82) is 0 Å². The monoisotopic (exact) mass is 421 g/mol. The minimum absolute atomic E-state index is 0.0499. The van der Waals surface area contributed by atoms with Crippen molar-refractivity contribution in [2.24, 2.45) is 9.81 Å². The Morgan fingerprint density at radius 1 is 1.24 bits per heavy atom. The van der Waals surface area contributed by atoms with Crippen molar-refractivity contribution in [2.75, 3.05) is 13.1 Å². The molecule has 1 aromatic rings. The van der Waals surface area contributed by atoms with E-state index in [0.29, 0.717) is 30.1 Å². The van der Waals surface area contributed by atoms with Crippen LogP contribution < -0.4 is 5.32 Å². The molecule has 0 aromatic heterocycles. The number of nitrogens with one attached hydrogen (secondary N) is 1. The summed E-state index contributed by atoms with van der Waals surface area (Å²) in [6.07, 6.45) is 2.22. The summed E-state index contributed by atoms with van der Waals surface area (Å²) >= 11 is 0. The number of piperidine rings is 1. The van der Waals surface area contributed by atoms with Gasteiger partial charge in [0.25, 0.3) is 10.0 Å². The van der Waals surface area contributed by atoms with Crippen molar-refractivity contribution in [1.82, 2.24) is 10.2 Å². The van der Waals surface area contributed by atoms with Crippen LogP contribution in [0.5, 0.6) is 0 Å². The number of hydrogen-bond acceptors (Lipinski definition) is 4. The molecule has 0 spiro atoms. The zero-order valence-electron chi connectivity index (χ0n) is 17.3.